The molecule has 0 aliphatic carbocycles. The van der Waals surface area contributed by atoms with Crippen LogP contribution in [0, 0.1) is 0 Å². The van der Waals surface area contributed by atoms with E-state index >= 15 is 0 Å². The number of rotatable bonds is 14. The fourth-order valence-electron chi connectivity index (χ4n) is 3.38. The molecule has 0 unspecified atom stereocenters. The molecule has 0 aliphatic heterocycles. The Bertz CT molecular complexity index is 746. The molecular formula is C25H30N2O2. The van der Waals surface area contributed by atoms with Crippen molar-refractivity contribution < 1.29 is 14.4 Å². The highest BCUT2D eigenvalue weighted by Crippen LogP contribution is 2.10. The van der Waals surface area contributed by atoms with Crippen molar-refractivity contribution in [3.05, 3.63) is 77.3 Å². The van der Waals surface area contributed by atoms with Gasteiger partial charge in [-0.15, -0.1) is 0 Å². The zero-order chi connectivity index (χ0) is 20.7. The Morgan fingerprint density at radius 3 is 1.41 bits per heavy atom. The Balaban J connectivity index is 1.59. The molecule has 0 aromatic heterocycles. The Morgan fingerprint density at radius 2 is 1.03 bits per heavy atom. The number of ketones is 2. The molecule has 0 spiro atoms. The third kappa shape index (κ3) is 8.80. The fourth-order valence-corrected chi connectivity index (χ4v) is 3.38. The highest BCUT2D eigenvalue weighted by molar-refractivity contribution is 6.64. The summed E-state index contributed by atoms with van der Waals surface area (Å²) in [4.78, 5) is 27.4. The number of Topliss-reactive ketones (excluding diaryl/α,β-unsaturated/α-hetero) is 2. The smallest absolute Gasteiger partial charge is 0.360 e. The van der Waals surface area contributed by atoms with Gasteiger partial charge in [0.15, 0.2) is 0 Å². The minimum atomic E-state index is -0.346. The van der Waals surface area contributed by atoms with Crippen LogP contribution in [0.1, 0.15) is 62.5 Å². The maximum Gasteiger partial charge on any atom is 0.400 e. The first-order valence-corrected chi connectivity index (χ1v) is 10.6. The second-order valence-corrected chi connectivity index (χ2v) is 7.39. The molecule has 0 heterocycles. The number of hydrogen-bond acceptors (Lipinski definition) is 2. The van der Waals surface area contributed by atoms with Gasteiger partial charge >= 0.3 is 5.71 Å². The molecule has 4 nitrogen and oxygen atoms in total. The lowest BCUT2D eigenvalue weighted by atomic mass is 9.99. The molecule has 2 aromatic carbocycles. The van der Waals surface area contributed by atoms with Crippen molar-refractivity contribution >= 4 is 17.3 Å². The Morgan fingerprint density at radius 1 is 0.621 bits per heavy atom. The monoisotopic (exact) mass is 390 g/mol. The van der Waals surface area contributed by atoms with Crippen LogP contribution in [0.15, 0.2) is 60.7 Å². The molecule has 29 heavy (non-hydrogen) atoms. The van der Waals surface area contributed by atoms with Gasteiger partial charge in [0.05, 0.1) is 0 Å². The lowest BCUT2D eigenvalue weighted by Gasteiger charge is -2.02. The average Bonchev–Trinajstić information content (AvgIpc) is 2.75. The van der Waals surface area contributed by atoms with Gasteiger partial charge < -0.3 is 5.53 Å². The molecule has 0 amide bonds. The van der Waals surface area contributed by atoms with E-state index < -0.39 is 0 Å². The first-order chi connectivity index (χ1) is 14.2. The van der Waals surface area contributed by atoms with Crippen molar-refractivity contribution in [1.29, 1.82) is 0 Å². The van der Waals surface area contributed by atoms with Crippen LogP contribution in [-0.4, -0.2) is 22.1 Å². The molecule has 0 saturated heterocycles. The number of nitrogens with zero attached hydrogens (tertiary/aromatic N) is 2. The summed E-state index contributed by atoms with van der Waals surface area (Å²) < 4.78 is 0. The zero-order valence-corrected chi connectivity index (χ0v) is 17.1. The van der Waals surface area contributed by atoms with E-state index in [1.54, 1.807) is 0 Å². The van der Waals surface area contributed by atoms with Gasteiger partial charge in [0, 0.05) is 12.8 Å². The fraction of sp³-hybridized carbons (Fsp3) is 0.400. The molecule has 0 atom stereocenters. The minimum Gasteiger partial charge on any atom is -0.360 e. The quantitative estimate of drug-likeness (QED) is 0.142. The van der Waals surface area contributed by atoms with Gasteiger partial charge in [0.25, 0.3) is 0 Å². The topological polar surface area (TPSA) is 70.5 Å². The number of carbonyl (C=O) groups is 2. The van der Waals surface area contributed by atoms with Gasteiger partial charge in [0.2, 0.25) is 11.6 Å². The van der Waals surface area contributed by atoms with Gasteiger partial charge in [-0.2, -0.15) is 4.79 Å². The molecular weight excluding hydrogens is 360 g/mol. The lowest BCUT2D eigenvalue weighted by Crippen LogP contribution is -2.25. The summed E-state index contributed by atoms with van der Waals surface area (Å²) in [7, 11) is 0. The Hall–Kier alpha value is -2.84. The van der Waals surface area contributed by atoms with E-state index in [4.69, 9.17) is 5.53 Å². The van der Waals surface area contributed by atoms with Crippen molar-refractivity contribution in [2.75, 3.05) is 0 Å². The maximum atomic E-state index is 12.2. The second kappa shape index (κ2) is 13.4. The van der Waals surface area contributed by atoms with Crippen LogP contribution in [0.2, 0.25) is 0 Å². The molecule has 4 heteroatoms. The number of benzene rings is 2. The lowest BCUT2D eigenvalue weighted by molar-refractivity contribution is -0.124. The highest BCUT2D eigenvalue weighted by atomic mass is 16.1. The maximum absolute atomic E-state index is 12.2. The van der Waals surface area contributed by atoms with Crippen molar-refractivity contribution in [3.63, 3.8) is 0 Å². The Labute approximate surface area is 173 Å². The van der Waals surface area contributed by atoms with E-state index in [-0.39, 0.29) is 30.1 Å². The summed E-state index contributed by atoms with van der Waals surface area (Å²) in [5.41, 5.74) is 11.4. The third-order valence-corrected chi connectivity index (χ3v) is 5.05. The molecule has 2 rings (SSSR count). The van der Waals surface area contributed by atoms with Crippen molar-refractivity contribution in [2.45, 2.75) is 64.2 Å². The van der Waals surface area contributed by atoms with Crippen LogP contribution < -0.4 is 0 Å². The largest absolute Gasteiger partial charge is 0.400 e. The van der Waals surface area contributed by atoms with E-state index in [0.29, 0.717) is 12.8 Å². The van der Waals surface area contributed by atoms with Gasteiger partial charge in [0.1, 0.15) is 0 Å². The van der Waals surface area contributed by atoms with E-state index in [2.05, 4.69) is 29.1 Å². The number of unbranched alkanes of at least 4 members (excludes halogenated alkanes) is 4. The molecule has 0 saturated carbocycles. The van der Waals surface area contributed by atoms with Crippen molar-refractivity contribution in [3.8, 4) is 0 Å². The summed E-state index contributed by atoms with van der Waals surface area (Å²) in [5.74, 6) is -0.692. The van der Waals surface area contributed by atoms with E-state index in [1.165, 1.54) is 11.1 Å². The minimum absolute atomic E-state index is 0.258. The van der Waals surface area contributed by atoms with Gasteiger partial charge in [-0.05, 0) is 49.7 Å². The van der Waals surface area contributed by atoms with Gasteiger partial charge in [-0.25, -0.2) is 0 Å². The van der Waals surface area contributed by atoms with E-state index in [0.717, 1.165) is 38.5 Å². The first kappa shape index (κ1) is 22.4. The first-order valence-electron chi connectivity index (χ1n) is 10.6. The van der Waals surface area contributed by atoms with Crippen LogP contribution in [-0.2, 0) is 22.4 Å². The predicted molar refractivity (Wildman–Crippen MR) is 116 cm³/mol. The highest BCUT2D eigenvalue weighted by Gasteiger charge is 2.27. The zero-order valence-electron chi connectivity index (χ0n) is 17.1. The molecule has 0 bridgehead atoms. The van der Waals surface area contributed by atoms with E-state index in [1.807, 2.05) is 36.4 Å². The molecule has 152 valence electrons. The van der Waals surface area contributed by atoms with Crippen LogP contribution >= 0.6 is 0 Å². The number of aryl methyl sites for hydroxylation is 2. The molecule has 0 aliphatic rings. The molecule has 2 aromatic rings. The number of carbonyl (C=O) groups excluding carboxylic acids is 2. The van der Waals surface area contributed by atoms with Crippen LogP contribution in [0.5, 0.6) is 0 Å². The summed E-state index contributed by atoms with van der Waals surface area (Å²) in [6, 6.07) is 20.5. The van der Waals surface area contributed by atoms with Crippen LogP contribution in [0.4, 0.5) is 0 Å². The van der Waals surface area contributed by atoms with Crippen molar-refractivity contribution in [2.24, 2.45) is 0 Å². The summed E-state index contributed by atoms with van der Waals surface area (Å²) >= 11 is 0. The summed E-state index contributed by atoms with van der Waals surface area (Å²) in [6.07, 6.45) is 7.71. The van der Waals surface area contributed by atoms with E-state index in [9.17, 15) is 9.59 Å². The van der Waals surface area contributed by atoms with Crippen molar-refractivity contribution in [1.82, 2.24) is 0 Å². The predicted octanol–water partition coefficient (Wildman–Crippen LogP) is 5.40. The average molecular weight is 391 g/mol. The summed E-state index contributed by atoms with van der Waals surface area (Å²) in [6.45, 7) is 0. The normalized spacial score (nSPS) is 10.3. The molecule has 0 fully saturated rings. The SMILES string of the molecule is [N-]=[N+]=C(C(=O)CCCCCc1ccccc1)C(=O)CCCCCc1ccccc1. The van der Waals surface area contributed by atoms with Crippen LogP contribution in [0.25, 0.3) is 5.53 Å². The van der Waals surface area contributed by atoms with Gasteiger partial charge in [-0.3, -0.25) is 9.59 Å². The molecule has 0 radical (unpaired) electrons. The van der Waals surface area contributed by atoms with Gasteiger partial charge in [-0.1, -0.05) is 73.5 Å². The standard InChI is InChI=1S/C25H30N2O2/c26-27-25(23(28)19-11-3-9-17-21-13-5-1-6-14-21)24(29)20-12-4-10-18-22-15-7-2-8-16-22/h1-2,5-8,13-16H,3-4,9-12,17-20H2. The summed E-state index contributed by atoms with van der Waals surface area (Å²) in [5, 5.41) is 0. The number of hydrogen-bond donors (Lipinski definition) is 0. The van der Waals surface area contributed by atoms with Crippen LogP contribution in [0.3, 0.4) is 0 Å². The third-order valence-electron chi connectivity index (χ3n) is 5.05. The molecule has 0 N–H and O–H groups in total. The Kier molecular flexibility index (Phi) is 10.3. The second-order valence-electron chi connectivity index (χ2n) is 7.39.